The number of nitrogens with one attached hydrogen (secondary N) is 7. The monoisotopic (exact) mass is 1670 g/mol. The Bertz CT molecular complexity index is 6350. The van der Waals surface area contributed by atoms with Crippen LogP contribution >= 0.6 is 0 Å². The maximum absolute atomic E-state index is 9.17. The Kier molecular flexibility index (Phi) is 22.4. The molecule has 0 bridgehead atoms. The number of aromatic amines is 4. The molecule has 0 atom stereocenters. The second-order valence-corrected chi connectivity index (χ2v) is 35.1. The van der Waals surface area contributed by atoms with E-state index in [1.54, 1.807) is 0 Å². The van der Waals surface area contributed by atoms with E-state index in [-0.39, 0.29) is 6.61 Å². The molecule has 4 saturated heterocycles. The van der Waals surface area contributed by atoms with Gasteiger partial charge < -0.3 is 55.4 Å². The molecule has 28 nitrogen and oxygen atoms in total. The maximum Gasteiger partial charge on any atom is 0.225 e. The van der Waals surface area contributed by atoms with Gasteiger partial charge in [-0.1, -0.05) is 12.1 Å². The highest BCUT2D eigenvalue weighted by Crippen LogP contribution is 2.44. The molecule has 0 spiro atoms. The molecule has 16 aromatic rings. The zero-order valence-corrected chi connectivity index (χ0v) is 71.8. The molecule has 125 heavy (non-hydrogen) atoms. The summed E-state index contributed by atoms with van der Waals surface area (Å²) in [7, 11) is 6.50. The SMILES string of the molecule is CN1CCN(c2ccc(Nc3nc4ccc5[nH]ncc5c4c4c3CCCC4)cc2)CC1.CN1CCN(c2ncc(Nc3ccc(-c4nc5ccc6[nH]ncc6c5c5c4CCCC5)cc3)cn2)CC1.CN1CCN(c2ncc(Nc3nc4ccc5[nH]ncc5c4c4c3CCCC4)cn2)CC1.OCCN1CCN(c2nc3ccc4[nH]ncc4c3c3c2CCCC3)CC1. The molecular formula is C97H109N27O. The number of nitrogens with zero attached hydrogens (tertiary/aromatic N) is 20. The summed E-state index contributed by atoms with van der Waals surface area (Å²) in [6, 6.07) is 34.2. The molecule has 4 aliphatic carbocycles. The van der Waals surface area contributed by atoms with Crippen molar-refractivity contribution in [2.75, 3.05) is 175 Å². The number of hydrogen-bond acceptors (Lipinski definition) is 24. The first kappa shape index (κ1) is 79.6. The van der Waals surface area contributed by atoms with Gasteiger partial charge in [-0.3, -0.25) is 25.3 Å². The number of aromatic nitrogens is 16. The number of aryl methyl sites for hydroxylation is 4. The zero-order chi connectivity index (χ0) is 83.9. The number of H-pyrrole nitrogens is 4. The molecule has 4 aliphatic heterocycles. The van der Waals surface area contributed by atoms with Crippen LogP contribution in [0.15, 0.2) is 147 Å². The summed E-state index contributed by atoms with van der Waals surface area (Å²) in [5.41, 5.74) is 27.2. The van der Waals surface area contributed by atoms with E-state index in [1.165, 1.54) is 145 Å². The van der Waals surface area contributed by atoms with Crippen molar-refractivity contribution in [3.05, 3.63) is 191 Å². The van der Waals surface area contributed by atoms with Crippen LogP contribution in [0.25, 0.3) is 98.5 Å². The van der Waals surface area contributed by atoms with Crippen LogP contribution in [-0.2, 0) is 51.4 Å². The van der Waals surface area contributed by atoms with Crippen LogP contribution < -0.4 is 35.6 Å². The van der Waals surface area contributed by atoms with Crippen LogP contribution in [-0.4, -0.2) is 244 Å². The molecule has 4 fully saturated rings. The number of fused-ring (bicyclic) bond motifs is 20. The van der Waals surface area contributed by atoms with Crippen molar-refractivity contribution in [3.8, 4) is 11.3 Å². The number of benzene rings is 6. The second-order valence-electron chi connectivity index (χ2n) is 35.1. The van der Waals surface area contributed by atoms with Gasteiger partial charge >= 0.3 is 0 Å². The third-order valence-corrected chi connectivity index (χ3v) is 27.2. The summed E-state index contributed by atoms with van der Waals surface area (Å²) < 4.78 is 0. The largest absolute Gasteiger partial charge is 0.395 e. The van der Waals surface area contributed by atoms with Gasteiger partial charge in [0.2, 0.25) is 11.9 Å². The molecule has 0 amide bonds. The summed E-state index contributed by atoms with van der Waals surface area (Å²) in [4.78, 5) is 57.6. The minimum absolute atomic E-state index is 0.240. The van der Waals surface area contributed by atoms with Crippen LogP contribution in [0.2, 0.25) is 0 Å². The summed E-state index contributed by atoms with van der Waals surface area (Å²) in [5, 5.41) is 59.0. The van der Waals surface area contributed by atoms with E-state index in [0.717, 1.165) is 270 Å². The highest BCUT2D eigenvalue weighted by Gasteiger charge is 2.30. The average molecular weight is 1670 g/mol. The molecule has 10 aromatic heterocycles. The van der Waals surface area contributed by atoms with Crippen LogP contribution in [0.5, 0.6) is 0 Å². The maximum atomic E-state index is 9.17. The van der Waals surface area contributed by atoms with Crippen molar-refractivity contribution in [2.24, 2.45) is 0 Å². The number of likely N-dealkylation sites (N-methyl/N-ethyl adjacent to an activating group) is 3. The number of rotatable bonds is 13. The number of β-amino-alcohol motifs (C(OH)–C–C–N with tert-alkyl or cyclic N) is 1. The molecule has 8 N–H and O–H groups in total. The number of anilines is 10. The first-order valence-corrected chi connectivity index (χ1v) is 45.2. The van der Waals surface area contributed by atoms with E-state index in [0.29, 0.717) is 0 Å². The lowest BCUT2D eigenvalue weighted by Gasteiger charge is -2.37. The van der Waals surface area contributed by atoms with Crippen molar-refractivity contribution in [3.63, 3.8) is 0 Å². The van der Waals surface area contributed by atoms with Crippen LogP contribution in [0.1, 0.15) is 95.9 Å². The van der Waals surface area contributed by atoms with E-state index < -0.39 is 0 Å². The zero-order valence-electron chi connectivity index (χ0n) is 71.8. The Morgan fingerprint density at radius 3 is 1.10 bits per heavy atom. The Labute approximate surface area is 726 Å². The molecule has 24 rings (SSSR count). The smallest absolute Gasteiger partial charge is 0.225 e. The van der Waals surface area contributed by atoms with Crippen LogP contribution in [0.3, 0.4) is 0 Å². The van der Waals surface area contributed by atoms with Gasteiger partial charge in [-0.2, -0.15) is 20.4 Å². The fourth-order valence-corrected chi connectivity index (χ4v) is 20.3. The normalized spacial score (nSPS) is 17.2. The second kappa shape index (κ2) is 35.2. The molecule has 14 heterocycles. The molecule has 0 unspecified atom stereocenters. The number of piperazine rings is 4. The lowest BCUT2D eigenvalue weighted by atomic mass is 9.85. The minimum atomic E-state index is 0.240. The fraction of sp³-hybridized carbons (Fsp3) is 0.381. The predicted octanol–water partition coefficient (Wildman–Crippen LogP) is 14.8. The van der Waals surface area contributed by atoms with E-state index in [1.807, 2.05) is 49.6 Å². The standard InChI is InChI=1S/C29H30N8.C25H28N6.C23H26N8.C20H25N5O/c1-36-12-14-37(15-13-36)29-30-16-21(17-31-29)33-20-8-6-19(7-9-20)28-23-5-3-2-4-22(23)27-24-18-32-35-25(24)10-11-26(27)34-28;1-30-12-14-31(15-13-30)18-8-6-17(7-9-18)27-25-20-5-3-2-4-19(20)24-21-16-26-29-22(21)10-11-23(24)28-25;1-30-8-10-31(11-9-30)23-24-12-15(13-25-23)27-22-17-5-3-2-4-16(17)21-18-14-26-29-19(18)6-7-20(21)28-22;26-12-11-24-7-9-25(10-8-24)20-15-4-2-1-3-14(15)19-16-13-21-23-17(16)5-6-18(19)22-20/h6-11,16-18,33H,2-5,12-15H2,1H3,(H,32,35);6-11,16H,2-5,12-15H2,1H3,(H,26,29)(H,27,28);6-7,12-14H,2-5,8-11H2,1H3,(H,26,29)(H,27,28);5-6,13,26H,1-4,7-12H2,(H,21,23). The van der Waals surface area contributed by atoms with Crippen LogP contribution in [0, 0.1) is 0 Å². The molecular weight excluding hydrogens is 1560 g/mol. The first-order chi connectivity index (χ1) is 61.6. The van der Waals surface area contributed by atoms with E-state index in [2.05, 4.69) is 234 Å². The van der Waals surface area contributed by atoms with Gasteiger partial charge in [0.1, 0.15) is 17.5 Å². The Balaban J connectivity index is 0.000000103. The van der Waals surface area contributed by atoms with Gasteiger partial charge in [-0.15, -0.1) is 0 Å². The Hall–Kier alpha value is -12.6. The Morgan fingerprint density at radius 2 is 0.656 bits per heavy atom. The number of hydrogen-bond donors (Lipinski definition) is 8. The summed E-state index contributed by atoms with van der Waals surface area (Å²) in [6.45, 7) is 17.4. The van der Waals surface area contributed by atoms with Gasteiger partial charge in [-0.25, -0.2) is 39.9 Å². The molecule has 638 valence electrons. The number of aliphatic hydroxyl groups is 1. The highest BCUT2D eigenvalue weighted by molar-refractivity contribution is 6.11. The summed E-state index contributed by atoms with van der Waals surface area (Å²) in [6.07, 6.45) is 33.7. The average Bonchev–Trinajstić information content (AvgIpc) is 1.77. The predicted molar refractivity (Wildman–Crippen MR) is 503 cm³/mol. The third-order valence-electron chi connectivity index (χ3n) is 27.2. The summed E-state index contributed by atoms with van der Waals surface area (Å²) >= 11 is 0. The van der Waals surface area contributed by atoms with Crippen molar-refractivity contribution in [2.45, 2.75) is 103 Å². The molecule has 0 radical (unpaired) electrons. The number of pyridine rings is 4. The fourth-order valence-electron chi connectivity index (χ4n) is 20.3. The van der Waals surface area contributed by atoms with E-state index in [9.17, 15) is 5.11 Å². The van der Waals surface area contributed by atoms with Gasteiger partial charge in [0.05, 0.1) is 117 Å². The molecule has 28 heteroatoms. The van der Waals surface area contributed by atoms with Crippen molar-refractivity contribution >= 4 is 145 Å². The van der Waals surface area contributed by atoms with Crippen molar-refractivity contribution < 1.29 is 5.11 Å². The lowest BCUT2D eigenvalue weighted by Crippen LogP contribution is -2.47. The quantitative estimate of drug-likeness (QED) is 0.0532. The Morgan fingerprint density at radius 1 is 0.312 bits per heavy atom. The van der Waals surface area contributed by atoms with Gasteiger partial charge in [0.15, 0.2) is 0 Å². The minimum Gasteiger partial charge on any atom is -0.395 e. The van der Waals surface area contributed by atoms with Gasteiger partial charge in [-0.05, 0) is 253 Å². The number of aliphatic hydroxyl groups excluding tert-OH is 1. The van der Waals surface area contributed by atoms with E-state index in [4.69, 9.17) is 19.9 Å². The first-order valence-electron chi connectivity index (χ1n) is 45.2. The van der Waals surface area contributed by atoms with Gasteiger partial charge in [0.25, 0.3) is 0 Å². The topological polar surface area (TPSA) is 300 Å². The highest BCUT2D eigenvalue weighted by atomic mass is 16.3. The molecule has 6 aromatic carbocycles. The molecule has 0 saturated carbocycles. The summed E-state index contributed by atoms with van der Waals surface area (Å²) in [5.74, 6) is 4.74. The lowest BCUT2D eigenvalue weighted by molar-refractivity contribution is 0.188. The van der Waals surface area contributed by atoms with Gasteiger partial charge in [0, 0.05) is 177 Å². The van der Waals surface area contributed by atoms with Crippen LogP contribution in [0.4, 0.5) is 57.8 Å². The van der Waals surface area contributed by atoms with Crippen molar-refractivity contribution in [1.29, 1.82) is 0 Å². The van der Waals surface area contributed by atoms with E-state index >= 15 is 0 Å². The van der Waals surface area contributed by atoms with Crippen molar-refractivity contribution in [1.82, 2.24) is 100 Å². The third kappa shape index (κ3) is 16.3. The molecule has 8 aliphatic rings.